The molecule has 0 spiro atoms. The van der Waals surface area contributed by atoms with Gasteiger partial charge in [0.05, 0.1) is 25.2 Å². The number of amides is 1. The lowest BCUT2D eigenvalue weighted by atomic mass is 10.1. The average molecular weight is 426 g/mol. The Labute approximate surface area is 185 Å². The number of carbonyl (C=O) groups excluding carboxylic acids is 1. The number of aromatic nitrogens is 1. The molecule has 6 heteroatoms. The molecular formula is C25H35N3O3. The number of nitrogens with zero attached hydrogens (tertiary/aromatic N) is 3. The van der Waals surface area contributed by atoms with Crippen molar-refractivity contribution < 1.29 is 14.3 Å². The van der Waals surface area contributed by atoms with Crippen LogP contribution in [-0.4, -0.2) is 72.3 Å². The Morgan fingerprint density at radius 3 is 2.65 bits per heavy atom. The van der Waals surface area contributed by atoms with E-state index in [1.807, 2.05) is 4.90 Å². The molecular weight excluding hydrogens is 390 g/mol. The maximum Gasteiger partial charge on any atom is 0.225 e. The molecule has 2 saturated heterocycles. The van der Waals surface area contributed by atoms with Crippen molar-refractivity contribution in [1.82, 2.24) is 14.4 Å². The minimum atomic E-state index is 0.230. The summed E-state index contributed by atoms with van der Waals surface area (Å²) in [5.74, 6) is 1.26. The fourth-order valence-corrected chi connectivity index (χ4v) is 5.41. The summed E-state index contributed by atoms with van der Waals surface area (Å²) in [7, 11) is 0. The summed E-state index contributed by atoms with van der Waals surface area (Å²) >= 11 is 0. The molecule has 0 atom stereocenters. The van der Waals surface area contributed by atoms with Gasteiger partial charge in [0.2, 0.25) is 5.91 Å². The SMILES string of the molecule is O=C1CCOCCN1CCN1CCC(Oc2cccc3c2ccn3C2CCCC2)CC1. The van der Waals surface area contributed by atoms with Gasteiger partial charge in [-0.25, -0.2) is 0 Å². The average Bonchev–Trinajstić information content (AvgIpc) is 3.42. The predicted octanol–water partition coefficient (Wildman–Crippen LogP) is 3.85. The Hall–Kier alpha value is -2.05. The van der Waals surface area contributed by atoms with Crippen LogP contribution >= 0.6 is 0 Å². The van der Waals surface area contributed by atoms with Gasteiger partial charge in [0, 0.05) is 50.3 Å². The largest absolute Gasteiger partial charge is 0.490 e. The van der Waals surface area contributed by atoms with Gasteiger partial charge >= 0.3 is 0 Å². The van der Waals surface area contributed by atoms with Gasteiger partial charge in [0.15, 0.2) is 0 Å². The Kier molecular flexibility index (Phi) is 6.46. The first-order valence-electron chi connectivity index (χ1n) is 12.1. The van der Waals surface area contributed by atoms with E-state index in [0.29, 0.717) is 25.7 Å². The minimum absolute atomic E-state index is 0.230. The summed E-state index contributed by atoms with van der Waals surface area (Å²) in [5.41, 5.74) is 1.31. The summed E-state index contributed by atoms with van der Waals surface area (Å²) in [4.78, 5) is 16.6. The Balaban J connectivity index is 1.15. The van der Waals surface area contributed by atoms with Gasteiger partial charge in [-0.2, -0.15) is 0 Å². The number of rotatable bonds is 6. The van der Waals surface area contributed by atoms with E-state index in [2.05, 4.69) is 39.9 Å². The zero-order valence-corrected chi connectivity index (χ0v) is 18.5. The molecule has 5 rings (SSSR count). The molecule has 0 unspecified atom stereocenters. The highest BCUT2D eigenvalue weighted by Crippen LogP contribution is 2.36. The number of carbonyl (C=O) groups is 1. The Morgan fingerprint density at radius 1 is 0.968 bits per heavy atom. The van der Waals surface area contributed by atoms with Crippen molar-refractivity contribution in [3.8, 4) is 5.75 Å². The molecule has 6 nitrogen and oxygen atoms in total. The zero-order chi connectivity index (χ0) is 21.0. The Morgan fingerprint density at radius 2 is 1.81 bits per heavy atom. The Bertz CT molecular complexity index is 881. The second kappa shape index (κ2) is 9.61. The van der Waals surface area contributed by atoms with E-state index >= 15 is 0 Å². The molecule has 0 bridgehead atoms. The molecule has 1 saturated carbocycles. The third kappa shape index (κ3) is 4.75. The molecule has 1 aromatic carbocycles. The molecule has 3 fully saturated rings. The number of benzene rings is 1. The van der Waals surface area contributed by atoms with Crippen molar-refractivity contribution >= 4 is 16.8 Å². The molecule has 1 aromatic heterocycles. The lowest BCUT2D eigenvalue weighted by Crippen LogP contribution is -2.43. The number of piperidine rings is 1. The number of likely N-dealkylation sites (tertiary alicyclic amines) is 1. The van der Waals surface area contributed by atoms with Crippen LogP contribution in [0.5, 0.6) is 5.75 Å². The lowest BCUT2D eigenvalue weighted by Gasteiger charge is -2.33. The van der Waals surface area contributed by atoms with Gasteiger partial charge in [-0.15, -0.1) is 0 Å². The summed E-state index contributed by atoms with van der Waals surface area (Å²) in [6.07, 6.45) is 10.4. The summed E-state index contributed by atoms with van der Waals surface area (Å²) in [5, 5.41) is 1.25. The quantitative estimate of drug-likeness (QED) is 0.705. The highest BCUT2D eigenvalue weighted by atomic mass is 16.5. The third-order valence-electron chi connectivity index (χ3n) is 7.27. The maximum atomic E-state index is 12.1. The monoisotopic (exact) mass is 425 g/mol. The molecule has 1 amide bonds. The second-order valence-electron chi connectivity index (χ2n) is 9.25. The van der Waals surface area contributed by atoms with Crippen LogP contribution in [-0.2, 0) is 9.53 Å². The summed E-state index contributed by atoms with van der Waals surface area (Å²) in [6, 6.07) is 9.39. The van der Waals surface area contributed by atoms with E-state index in [1.54, 1.807) is 0 Å². The molecule has 0 N–H and O–H groups in total. The maximum absolute atomic E-state index is 12.1. The first-order valence-corrected chi connectivity index (χ1v) is 12.1. The molecule has 3 aliphatic rings. The smallest absolute Gasteiger partial charge is 0.225 e. The predicted molar refractivity (Wildman–Crippen MR) is 122 cm³/mol. The van der Waals surface area contributed by atoms with E-state index in [1.165, 1.54) is 36.6 Å². The summed E-state index contributed by atoms with van der Waals surface area (Å²) in [6.45, 7) is 5.76. The summed E-state index contributed by atoms with van der Waals surface area (Å²) < 4.78 is 14.4. The van der Waals surface area contributed by atoms with Crippen LogP contribution in [0.25, 0.3) is 10.9 Å². The van der Waals surface area contributed by atoms with Crippen molar-refractivity contribution in [1.29, 1.82) is 0 Å². The zero-order valence-electron chi connectivity index (χ0n) is 18.5. The van der Waals surface area contributed by atoms with Crippen LogP contribution in [0.2, 0.25) is 0 Å². The van der Waals surface area contributed by atoms with Crippen LogP contribution in [0.15, 0.2) is 30.5 Å². The van der Waals surface area contributed by atoms with Crippen molar-refractivity contribution in [3.63, 3.8) is 0 Å². The van der Waals surface area contributed by atoms with E-state index in [0.717, 1.165) is 51.3 Å². The van der Waals surface area contributed by atoms with E-state index < -0.39 is 0 Å². The van der Waals surface area contributed by atoms with Gasteiger partial charge in [0.1, 0.15) is 11.9 Å². The highest BCUT2D eigenvalue weighted by Gasteiger charge is 2.24. The first-order chi connectivity index (χ1) is 15.3. The molecule has 168 valence electrons. The van der Waals surface area contributed by atoms with Gasteiger partial charge < -0.3 is 23.8 Å². The van der Waals surface area contributed by atoms with Gasteiger partial charge in [-0.05, 0) is 43.9 Å². The second-order valence-corrected chi connectivity index (χ2v) is 9.25. The van der Waals surface area contributed by atoms with Gasteiger partial charge in [0.25, 0.3) is 0 Å². The molecule has 1 aliphatic carbocycles. The number of fused-ring (bicyclic) bond motifs is 1. The van der Waals surface area contributed by atoms with Crippen LogP contribution in [0.1, 0.15) is 51.0 Å². The standard InChI is InChI=1S/C25H35N3O3/c29-25-11-18-30-19-17-27(25)16-15-26-12-8-21(9-13-26)31-24-7-3-6-23-22(24)10-14-28(23)20-4-1-2-5-20/h3,6-7,10,14,20-21H,1-2,4-5,8-9,11-13,15-19H2. The first kappa shape index (κ1) is 20.8. The molecule has 2 aromatic rings. The van der Waals surface area contributed by atoms with Crippen molar-refractivity contribution in [2.45, 2.75) is 57.1 Å². The van der Waals surface area contributed by atoms with Gasteiger partial charge in [-0.3, -0.25) is 4.79 Å². The van der Waals surface area contributed by atoms with Crippen molar-refractivity contribution in [3.05, 3.63) is 30.5 Å². The van der Waals surface area contributed by atoms with Crippen LogP contribution in [0, 0.1) is 0 Å². The number of hydrogen-bond acceptors (Lipinski definition) is 4. The molecule has 31 heavy (non-hydrogen) atoms. The van der Waals surface area contributed by atoms with Gasteiger partial charge in [-0.1, -0.05) is 18.9 Å². The lowest BCUT2D eigenvalue weighted by molar-refractivity contribution is -0.130. The van der Waals surface area contributed by atoms with Crippen LogP contribution < -0.4 is 4.74 Å². The van der Waals surface area contributed by atoms with E-state index in [4.69, 9.17) is 9.47 Å². The number of hydrogen-bond donors (Lipinski definition) is 0. The van der Waals surface area contributed by atoms with Crippen LogP contribution in [0.3, 0.4) is 0 Å². The molecule has 3 heterocycles. The van der Waals surface area contributed by atoms with Crippen molar-refractivity contribution in [2.24, 2.45) is 0 Å². The van der Waals surface area contributed by atoms with Crippen molar-refractivity contribution in [2.75, 3.05) is 45.9 Å². The normalized spacial score (nSPS) is 22.3. The van der Waals surface area contributed by atoms with Crippen LogP contribution in [0.4, 0.5) is 0 Å². The third-order valence-corrected chi connectivity index (χ3v) is 7.27. The minimum Gasteiger partial charge on any atom is -0.490 e. The highest BCUT2D eigenvalue weighted by molar-refractivity contribution is 5.86. The molecule has 2 aliphatic heterocycles. The van der Waals surface area contributed by atoms with E-state index in [-0.39, 0.29) is 12.0 Å². The topological polar surface area (TPSA) is 46.9 Å². The fraction of sp³-hybridized carbons (Fsp3) is 0.640. The van der Waals surface area contributed by atoms with E-state index in [9.17, 15) is 4.79 Å². The molecule has 0 radical (unpaired) electrons. The fourth-order valence-electron chi connectivity index (χ4n) is 5.41. The number of ether oxygens (including phenoxy) is 2.